The fourth-order valence-corrected chi connectivity index (χ4v) is 3.62. The van der Waals surface area contributed by atoms with Gasteiger partial charge in [-0.3, -0.25) is 4.90 Å². The van der Waals surface area contributed by atoms with E-state index in [9.17, 15) is 8.78 Å². The fourth-order valence-electron chi connectivity index (χ4n) is 3.62. The molecular weight excluding hydrogens is 338 g/mol. The van der Waals surface area contributed by atoms with E-state index in [1.807, 2.05) is 19.1 Å². The Balaban J connectivity index is 0.00000208. The summed E-state index contributed by atoms with van der Waals surface area (Å²) in [7, 11) is 0. The van der Waals surface area contributed by atoms with Gasteiger partial charge in [0.25, 0.3) is 0 Å². The monoisotopic (exact) mass is 362 g/mol. The molecule has 0 aliphatic carbocycles. The van der Waals surface area contributed by atoms with E-state index in [1.165, 1.54) is 6.42 Å². The van der Waals surface area contributed by atoms with Gasteiger partial charge in [0.15, 0.2) is 11.5 Å². The highest BCUT2D eigenvalue weighted by molar-refractivity contribution is 5.85. The lowest BCUT2D eigenvalue weighted by molar-refractivity contribution is -0.0514. The summed E-state index contributed by atoms with van der Waals surface area (Å²) in [5.74, 6) is 2.04. The first kappa shape index (κ1) is 19.2. The molecule has 1 aromatic rings. The molecule has 136 valence electrons. The van der Waals surface area contributed by atoms with Gasteiger partial charge in [0.1, 0.15) is 0 Å². The molecule has 2 heterocycles. The van der Waals surface area contributed by atoms with Gasteiger partial charge in [-0.15, -0.1) is 12.4 Å². The lowest BCUT2D eigenvalue weighted by Crippen LogP contribution is -2.39. The molecule has 0 saturated carbocycles. The Morgan fingerprint density at radius 3 is 2.79 bits per heavy atom. The van der Waals surface area contributed by atoms with E-state index in [1.54, 1.807) is 6.07 Å². The van der Waals surface area contributed by atoms with Crippen molar-refractivity contribution >= 4 is 12.4 Å². The van der Waals surface area contributed by atoms with E-state index in [2.05, 4.69) is 15.0 Å². The van der Waals surface area contributed by atoms with E-state index in [-0.39, 0.29) is 18.2 Å². The van der Waals surface area contributed by atoms with Crippen LogP contribution >= 0.6 is 12.4 Å². The summed E-state index contributed by atoms with van der Waals surface area (Å²) in [4.78, 5) is 2.44. The second-order valence-electron chi connectivity index (χ2n) is 6.29. The van der Waals surface area contributed by atoms with Gasteiger partial charge < -0.3 is 14.8 Å². The molecule has 1 aromatic carbocycles. The molecule has 2 unspecified atom stereocenters. The number of likely N-dealkylation sites (tertiary alicyclic amines) is 1. The molecule has 7 heteroatoms. The van der Waals surface area contributed by atoms with Crippen LogP contribution in [0.1, 0.15) is 18.9 Å². The Morgan fingerprint density at radius 2 is 2.04 bits per heavy atom. The molecule has 24 heavy (non-hydrogen) atoms. The zero-order valence-corrected chi connectivity index (χ0v) is 14.7. The topological polar surface area (TPSA) is 33.7 Å². The maximum Gasteiger partial charge on any atom is 0.387 e. The van der Waals surface area contributed by atoms with E-state index in [0.717, 1.165) is 50.1 Å². The molecule has 0 radical (unpaired) electrons. The van der Waals surface area contributed by atoms with Crippen LogP contribution < -0.4 is 14.8 Å². The summed E-state index contributed by atoms with van der Waals surface area (Å²) >= 11 is 0. The molecule has 0 bridgehead atoms. The average Bonchev–Trinajstić information content (AvgIpc) is 2.97. The molecule has 2 aliphatic heterocycles. The van der Waals surface area contributed by atoms with Crippen LogP contribution in [0.2, 0.25) is 0 Å². The number of halogens is 3. The van der Waals surface area contributed by atoms with E-state index < -0.39 is 6.61 Å². The number of nitrogens with zero attached hydrogens (tertiary/aromatic N) is 1. The number of rotatable bonds is 6. The number of nitrogens with one attached hydrogen (secondary N) is 1. The van der Waals surface area contributed by atoms with Gasteiger partial charge >= 0.3 is 6.61 Å². The van der Waals surface area contributed by atoms with Crippen molar-refractivity contribution < 1.29 is 18.3 Å². The smallest absolute Gasteiger partial charge is 0.387 e. The third-order valence-electron chi connectivity index (χ3n) is 4.72. The van der Waals surface area contributed by atoms with Crippen molar-refractivity contribution in [3.63, 3.8) is 0 Å². The Labute approximate surface area is 147 Å². The van der Waals surface area contributed by atoms with Gasteiger partial charge in [-0.05, 0) is 62.5 Å². The molecule has 2 fully saturated rings. The minimum Gasteiger partial charge on any atom is -0.490 e. The molecule has 0 spiro atoms. The number of alkyl halides is 2. The summed E-state index contributed by atoms with van der Waals surface area (Å²) in [6.45, 7) is 4.66. The molecular formula is C17H25ClF2N2O2. The van der Waals surface area contributed by atoms with Crippen molar-refractivity contribution in [1.29, 1.82) is 0 Å². The molecule has 1 N–H and O–H groups in total. The normalized spacial score (nSPS) is 23.7. The van der Waals surface area contributed by atoms with Crippen molar-refractivity contribution in [2.45, 2.75) is 26.5 Å². The number of ether oxygens (including phenoxy) is 2. The van der Waals surface area contributed by atoms with Crippen molar-refractivity contribution in [3.05, 3.63) is 23.8 Å². The quantitative estimate of drug-likeness (QED) is 0.843. The van der Waals surface area contributed by atoms with Crippen LogP contribution in [-0.4, -0.2) is 44.3 Å². The zero-order chi connectivity index (χ0) is 16.2. The number of fused-ring (bicyclic) bond motifs is 1. The van der Waals surface area contributed by atoms with Crippen LogP contribution in [0.5, 0.6) is 11.5 Å². The summed E-state index contributed by atoms with van der Waals surface area (Å²) in [5.41, 5.74) is 1.07. The first-order valence-electron chi connectivity index (χ1n) is 8.29. The van der Waals surface area contributed by atoms with E-state index in [0.29, 0.717) is 12.4 Å². The Hall–Kier alpha value is -1.11. The third-order valence-corrected chi connectivity index (χ3v) is 4.72. The van der Waals surface area contributed by atoms with Crippen molar-refractivity contribution in [1.82, 2.24) is 10.2 Å². The number of hydrogen-bond donors (Lipinski definition) is 1. The lowest BCUT2D eigenvalue weighted by atomic mass is 9.88. The highest BCUT2D eigenvalue weighted by Crippen LogP contribution is 2.32. The summed E-state index contributed by atoms with van der Waals surface area (Å²) in [6.07, 6.45) is 1.22. The molecule has 2 atom stereocenters. The molecule has 3 rings (SSSR count). The molecule has 0 amide bonds. The number of hydrogen-bond acceptors (Lipinski definition) is 4. The second-order valence-corrected chi connectivity index (χ2v) is 6.29. The first-order valence-corrected chi connectivity index (χ1v) is 8.29. The molecule has 4 nitrogen and oxygen atoms in total. The fraction of sp³-hybridized carbons (Fsp3) is 0.647. The number of piperidine rings is 1. The zero-order valence-electron chi connectivity index (χ0n) is 13.8. The van der Waals surface area contributed by atoms with Gasteiger partial charge in [-0.2, -0.15) is 8.78 Å². The maximum absolute atomic E-state index is 12.4. The summed E-state index contributed by atoms with van der Waals surface area (Å²) < 4.78 is 34.9. The molecule has 2 saturated heterocycles. The van der Waals surface area contributed by atoms with Gasteiger partial charge in [-0.25, -0.2) is 0 Å². The lowest BCUT2D eigenvalue weighted by Gasteiger charge is -2.34. The predicted molar refractivity (Wildman–Crippen MR) is 91.2 cm³/mol. The minimum atomic E-state index is -2.84. The van der Waals surface area contributed by atoms with Crippen LogP contribution in [0, 0.1) is 11.8 Å². The van der Waals surface area contributed by atoms with Crippen molar-refractivity contribution in [3.8, 4) is 11.5 Å². The molecule has 2 aliphatic rings. The first-order chi connectivity index (χ1) is 11.2. The Morgan fingerprint density at radius 1 is 1.25 bits per heavy atom. The van der Waals surface area contributed by atoms with E-state index in [4.69, 9.17) is 4.74 Å². The van der Waals surface area contributed by atoms with Crippen LogP contribution in [0.15, 0.2) is 18.2 Å². The SMILES string of the molecule is CCOc1cc(CN2CCC3CNCC3C2)ccc1OC(F)F.Cl. The largest absolute Gasteiger partial charge is 0.490 e. The third kappa shape index (κ3) is 4.71. The van der Waals surface area contributed by atoms with Crippen molar-refractivity contribution in [2.75, 3.05) is 32.8 Å². The summed E-state index contributed by atoms with van der Waals surface area (Å²) in [6, 6.07) is 5.25. The predicted octanol–water partition coefficient (Wildman–Crippen LogP) is 3.15. The van der Waals surface area contributed by atoms with Crippen LogP contribution in [-0.2, 0) is 6.54 Å². The minimum absolute atomic E-state index is 0. The standard InChI is InChI=1S/C17H24F2N2O2.ClH/c1-2-22-16-7-12(3-4-15(16)23-17(18)19)10-21-6-5-13-8-20-9-14(13)11-21;/h3-4,7,13-14,17,20H,2,5-6,8-11H2,1H3;1H. The van der Waals surface area contributed by atoms with Gasteiger partial charge in [0.2, 0.25) is 0 Å². The number of benzene rings is 1. The highest BCUT2D eigenvalue weighted by atomic mass is 35.5. The van der Waals surface area contributed by atoms with Crippen molar-refractivity contribution in [2.24, 2.45) is 11.8 Å². The van der Waals surface area contributed by atoms with E-state index >= 15 is 0 Å². The van der Waals surface area contributed by atoms with Crippen LogP contribution in [0.3, 0.4) is 0 Å². The maximum atomic E-state index is 12.4. The van der Waals surface area contributed by atoms with Gasteiger partial charge in [-0.1, -0.05) is 6.07 Å². The second kappa shape index (κ2) is 8.83. The van der Waals surface area contributed by atoms with Crippen LogP contribution in [0.25, 0.3) is 0 Å². The Kier molecular flexibility index (Phi) is 7.07. The van der Waals surface area contributed by atoms with Gasteiger partial charge in [0.05, 0.1) is 6.61 Å². The Bertz CT molecular complexity index is 533. The highest BCUT2D eigenvalue weighted by Gasteiger charge is 2.32. The van der Waals surface area contributed by atoms with Gasteiger partial charge in [0, 0.05) is 13.1 Å². The average molecular weight is 363 g/mol. The molecule has 0 aromatic heterocycles. The van der Waals surface area contributed by atoms with Crippen LogP contribution in [0.4, 0.5) is 8.78 Å². The summed E-state index contributed by atoms with van der Waals surface area (Å²) in [5, 5.41) is 3.47.